The maximum atomic E-state index is 9.51. The maximum Gasteiger partial charge on any atom is 0.120 e. The molecule has 0 saturated carbocycles. The minimum atomic E-state index is 0.512. The van der Waals surface area contributed by atoms with Gasteiger partial charge in [-0.1, -0.05) is 42.5 Å². The summed E-state index contributed by atoms with van der Waals surface area (Å²) < 4.78 is 11.0. The lowest BCUT2D eigenvalue weighted by Crippen LogP contribution is -1.95. The lowest BCUT2D eigenvalue weighted by Gasteiger charge is -2.07. The third kappa shape index (κ3) is 4.52. The van der Waals surface area contributed by atoms with Crippen molar-refractivity contribution in [3.8, 4) is 17.6 Å². The van der Waals surface area contributed by atoms with Crippen LogP contribution < -0.4 is 9.47 Å². The van der Waals surface area contributed by atoms with Gasteiger partial charge in [-0.3, -0.25) is 0 Å². The van der Waals surface area contributed by atoms with Crippen molar-refractivity contribution >= 4 is 11.6 Å². The van der Waals surface area contributed by atoms with Gasteiger partial charge in [-0.05, 0) is 59.2 Å². The third-order valence-electron chi connectivity index (χ3n) is 3.94. The lowest BCUT2D eigenvalue weighted by molar-refractivity contribution is 0.306. The lowest BCUT2D eigenvalue weighted by atomic mass is 10.0. The molecule has 0 unspecified atom stereocenters. The van der Waals surface area contributed by atoms with E-state index in [9.17, 15) is 5.26 Å². The summed E-state index contributed by atoms with van der Waals surface area (Å²) in [7, 11) is 1.62. The molecule has 0 bridgehead atoms. The van der Waals surface area contributed by atoms with Crippen molar-refractivity contribution in [2.24, 2.45) is 0 Å². The number of allylic oxidation sites excluding steroid dienone is 1. The Bertz CT molecular complexity index is 922. The van der Waals surface area contributed by atoms with Gasteiger partial charge in [0.05, 0.1) is 18.8 Å². The third-order valence-corrected chi connectivity index (χ3v) is 3.94. The molecule has 3 rings (SSSR count). The van der Waals surface area contributed by atoms with E-state index in [1.807, 2.05) is 84.9 Å². The molecule has 0 atom stereocenters. The topological polar surface area (TPSA) is 42.2 Å². The second kappa shape index (κ2) is 8.55. The number of nitriles is 1. The number of nitrogens with zero attached hydrogens (tertiary/aromatic N) is 1. The fourth-order valence-electron chi connectivity index (χ4n) is 2.55. The molecule has 3 aromatic rings. The maximum absolute atomic E-state index is 9.51. The van der Waals surface area contributed by atoms with Crippen LogP contribution in [0.25, 0.3) is 11.6 Å². The van der Waals surface area contributed by atoms with E-state index < -0.39 is 0 Å². The summed E-state index contributed by atoms with van der Waals surface area (Å²) in [4.78, 5) is 0. The molecule has 0 heterocycles. The predicted octanol–water partition coefficient (Wildman–Crippen LogP) is 5.34. The van der Waals surface area contributed by atoms with Crippen LogP contribution in [0.15, 0.2) is 78.9 Å². The monoisotopic (exact) mass is 341 g/mol. The Morgan fingerprint density at radius 2 is 1.69 bits per heavy atom. The molecule has 0 spiro atoms. The van der Waals surface area contributed by atoms with Crippen LogP contribution in [-0.2, 0) is 6.61 Å². The van der Waals surface area contributed by atoms with Crippen molar-refractivity contribution in [3.05, 3.63) is 95.6 Å². The molecule has 0 aliphatic heterocycles. The Morgan fingerprint density at radius 1 is 0.923 bits per heavy atom. The number of rotatable bonds is 6. The molecular formula is C23H19NO2. The Morgan fingerprint density at radius 3 is 2.38 bits per heavy atom. The fourth-order valence-corrected chi connectivity index (χ4v) is 2.55. The quantitative estimate of drug-likeness (QED) is 0.449. The van der Waals surface area contributed by atoms with Crippen molar-refractivity contribution < 1.29 is 9.47 Å². The van der Waals surface area contributed by atoms with E-state index >= 15 is 0 Å². The molecule has 0 aliphatic carbocycles. The molecule has 3 heteroatoms. The molecule has 0 aromatic heterocycles. The zero-order valence-corrected chi connectivity index (χ0v) is 14.6. The van der Waals surface area contributed by atoms with Crippen molar-refractivity contribution in [1.82, 2.24) is 0 Å². The summed E-state index contributed by atoms with van der Waals surface area (Å²) in [5.41, 5.74) is 3.48. The van der Waals surface area contributed by atoms with Crippen LogP contribution in [0, 0.1) is 11.3 Å². The van der Waals surface area contributed by atoms with Crippen molar-refractivity contribution in [2.75, 3.05) is 7.11 Å². The van der Waals surface area contributed by atoms with Gasteiger partial charge in [0.15, 0.2) is 0 Å². The summed E-state index contributed by atoms with van der Waals surface area (Å²) in [6.07, 6.45) is 1.86. The van der Waals surface area contributed by atoms with E-state index in [2.05, 4.69) is 6.07 Å². The van der Waals surface area contributed by atoms with Gasteiger partial charge in [0.2, 0.25) is 0 Å². The van der Waals surface area contributed by atoms with E-state index in [-0.39, 0.29) is 0 Å². The van der Waals surface area contributed by atoms with Crippen LogP contribution in [0.4, 0.5) is 0 Å². The number of benzene rings is 3. The normalized spacial score (nSPS) is 10.8. The van der Waals surface area contributed by atoms with E-state index in [4.69, 9.17) is 9.47 Å². The number of ether oxygens (including phenoxy) is 2. The molecule has 3 nitrogen and oxygen atoms in total. The highest BCUT2D eigenvalue weighted by molar-refractivity contribution is 5.89. The number of methoxy groups -OCH3 is 1. The summed E-state index contributed by atoms with van der Waals surface area (Å²) >= 11 is 0. The molecule has 128 valence electrons. The largest absolute Gasteiger partial charge is 0.497 e. The number of hydrogen-bond acceptors (Lipinski definition) is 3. The molecule has 3 aromatic carbocycles. The zero-order valence-electron chi connectivity index (χ0n) is 14.6. The second-order valence-corrected chi connectivity index (χ2v) is 5.75. The Labute approximate surface area is 153 Å². The van der Waals surface area contributed by atoms with Gasteiger partial charge >= 0.3 is 0 Å². The first kappa shape index (κ1) is 17.3. The van der Waals surface area contributed by atoms with Gasteiger partial charge in [-0.15, -0.1) is 0 Å². The minimum absolute atomic E-state index is 0.512. The number of hydrogen-bond donors (Lipinski definition) is 0. The smallest absolute Gasteiger partial charge is 0.120 e. The Hall–Kier alpha value is -3.51. The highest BCUT2D eigenvalue weighted by Gasteiger charge is 2.03. The summed E-state index contributed by atoms with van der Waals surface area (Å²) in [6, 6.07) is 27.5. The van der Waals surface area contributed by atoms with Crippen LogP contribution in [-0.4, -0.2) is 7.11 Å². The van der Waals surface area contributed by atoms with Gasteiger partial charge in [0.25, 0.3) is 0 Å². The van der Waals surface area contributed by atoms with Crippen LogP contribution >= 0.6 is 0 Å². The van der Waals surface area contributed by atoms with E-state index in [0.717, 1.165) is 28.2 Å². The van der Waals surface area contributed by atoms with Crippen molar-refractivity contribution in [1.29, 1.82) is 5.26 Å². The minimum Gasteiger partial charge on any atom is -0.497 e. The van der Waals surface area contributed by atoms with Crippen LogP contribution in [0.2, 0.25) is 0 Å². The van der Waals surface area contributed by atoms with Crippen molar-refractivity contribution in [2.45, 2.75) is 6.61 Å². The van der Waals surface area contributed by atoms with Gasteiger partial charge in [0, 0.05) is 0 Å². The average molecular weight is 341 g/mol. The summed E-state index contributed by atoms with van der Waals surface area (Å²) in [6.45, 7) is 0.512. The molecule has 0 aliphatic rings. The van der Waals surface area contributed by atoms with Crippen LogP contribution in [0.5, 0.6) is 11.5 Å². The zero-order chi connectivity index (χ0) is 18.2. The molecule has 26 heavy (non-hydrogen) atoms. The van der Waals surface area contributed by atoms with E-state index in [0.29, 0.717) is 12.2 Å². The molecule has 0 amide bonds. The van der Waals surface area contributed by atoms with Crippen LogP contribution in [0.1, 0.15) is 16.7 Å². The fraction of sp³-hybridized carbons (Fsp3) is 0.0870. The SMILES string of the molecule is COc1ccc(/C(C#N)=C/c2cccc(OCc3ccccc3)c2)cc1. The standard InChI is InChI=1S/C23H19NO2/c1-25-22-12-10-20(11-13-22)21(16-24)14-19-8-5-9-23(15-19)26-17-18-6-3-2-4-7-18/h2-15H,17H2,1H3/b21-14+. The first-order chi connectivity index (χ1) is 12.8. The Balaban J connectivity index is 1.77. The Kier molecular flexibility index (Phi) is 5.69. The van der Waals surface area contributed by atoms with Gasteiger partial charge in [0.1, 0.15) is 18.1 Å². The second-order valence-electron chi connectivity index (χ2n) is 5.75. The van der Waals surface area contributed by atoms with Gasteiger partial charge < -0.3 is 9.47 Å². The van der Waals surface area contributed by atoms with Crippen molar-refractivity contribution in [3.63, 3.8) is 0 Å². The highest BCUT2D eigenvalue weighted by atomic mass is 16.5. The molecular weight excluding hydrogens is 322 g/mol. The molecule has 0 N–H and O–H groups in total. The van der Waals surface area contributed by atoms with Gasteiger partial charge in [-0.25, -0.2) is 0 Å². The summed E-state index contributed by atoms with van der Waals surface area (Å²) in [5.74, 6) is 1.54. The van der Waals surface area contributed by atoms with E-state index in [1.165, 1.54) is 0 Å². The average Bonchev–Trinajstić information content (AvgIpc) is 2.72. The first-order valence-corrected chi connectivity index (χ1v) is 8.31. The summed E-state index contributed by atoms with van der Waals surface area (Å²) in [5, 5.41) is 9.51. The highest BCUT2D eigenvalue weighted by Crippen LogP contribution is 2.23. The molecule has 0 saturated heterocycles. The molecule has 0 fully saturated rings. The van der Waals surface area contributed by atoms with E-state index in [1.54, 1.807) is 7.11 Å². The predicted molar refractivity (Wildman–Crippen MR) is 104 cm³/mol. The molecule has 0 radical (unpaired) electrons. The van der Waals surface area contributed by atoms with Crippen LogP contribution in [0.3, 0.4) is 0 Å². The van der Waals surface area contributed by atoms with Gasteiger partial charge in [-0.2, -0.15) is 5.26 Å². The first-order valence-electron chi connectivity index (χ1n) is 8.31.